The topological polar surface area (TPSA) is 49.4 Å². The van der Waals surface area contributed by atoms with Gasteiger partial charge in [0.25, 0.3) is 0 Å². The summed E-state index contributed by atoms with van der Waals surface area (Å²) in [4.78, 5) is 25.5. The van der Waals surface area contributed by atoms with Gasteiger partial charge in [-0.05, 0) is 24.6 Å². The van der Waals surface area contributed by atoms with E-state index >= 15 is 0 Å². The second-order valence-electron chi connectivity index (χ2n) is 4.36. The van der Waals surface area contributed by atoms with E-state index in [2.05, 4.69) is 5.32 Å². The number of benzene rings is 1. The molecule has 2 amide bonds. The van der Waals surface area contributed by atoms with E-state index in [4.69, 9.17) is 23.2 Å². The average Bonchev–Trinajstić information content (AvgIpc) is 2.50. The molecular formula is C13H14Cl2N2O2. The van der Waals surface area contributed by atoms with E-state index in [1.54, 1.807) is 23.1 Å². The van der Waals surface area contributed by atoms with Crippen LogP contribution >= 0.6 is 23.2 Å². The number of nitrogens with one attached hydrogen (secondary N) is 1. The first-order chi connectivity index (χ1) is 9.02. The third-order valence-corrected chi connectivity index (χ3v) is 3.61. The quantitative estimate of drug-likeness (QED) is 0.913. The smallest absolute Gasteiger partial charge is 0.249 e. The lowest BCUT2D eigenvalue weighted by atomic mass is 10.2. The van der Waals surface area contributed by atoms with Crippen LogP contribution in [0.25, 0.3) is 0 Å². The Hall–Kier alpha value is -1.26. The van der Waals surface area contributed by atoms with Crippen LogP contribution in [0.15, 0.2) is 18.2 Å². The summed E-state index contributed by atoms with van der Waals surface area (Å²) in [5, 5.41) is 3.63. The van der Waals surface area contributed by atoms with Crippen molar-refractivity contribution in [3.8, 4) is 0 Å². The molecule has 1 aliphatic rings. The van der Waals surface area contributed by atoms with Gasteiger partial charge in [0.05, 0.1) is 10.7 Å². The minimum absolute atomic E-state index is 0.118. The molecule has 0 aliphatic carbocycles. The number of rotatable bonds is 2. The van der Waals surface area contributed by atoms with Crippen LogP contribution < -0.4 is 10.2 Å². The Labute approximate surface area is 121 Å². The summed E-state index contributed by atoms with van der Waals surface area (Å²) in [7, 11) is 0. The maximum absolute atomic E-state index is 12.4. The van der Waals surface area contributed by atoms with Gasteiger partial charge in [-0.25, -0.2) is 0 Å². The van der Waals surface area contributed by atoms with Crippen molar-refractivity contribution in [1.29, 1.82) is 0 Å². The summed E-state index contributed by atoms with van der Waals surface area (Å²) in [6.07, 6.45) is 0.813. The van der Waals surface area contributed by atoms with Crippen molar-refractivity contribution in [2.45, 2.75) is 25.8 Å². The van der Waals surface area contributed by atoms with E-state index in [1.165, 1.54) is 0 Å². The molecule has 2 rings (SSSR count). The molecule has 1 fully saturated rings. The highest BCUT2D eigenvalue weighted by atomic mass is 35.5. The number of nitrogens with zero attached hydrogens (tertiary/aromatic N) is 1. The number of hydrogen-bond donors (Lipinski definition) is 1. The van der Waals surface area contributed by atoms with Gasteiger partial charge < -0.3 is 10.2 Å². The molecule has 0 aromatic heterocycles. The van der Waals surface area contributed by atoms with Crippen LogP contribution in [0.3, 0.4) is 0 Å². The SMILES string of the molecule is CCC1NC(=O)CCN(c2ccc(Cl)cc2Cl)C1=O. The molecular weight excluding hydrogens is 287 g/mol. The fraction of sp³-hybridized carbons (Fsp3) is 0.385. The Morgan fingerprint density at radius 2 is 2.11 bits per heavy atom. The molecule has 0 spiro atoms. The molecule has 0 bridgehead atoms. The van der Waals surface area contributed by atoms with Gasteiger partial charge >= 0.3 is 0 Å². The Balaban J connectivity index is 2.36. The van der Waals surface area contributed by atoms with Crippen LogP contribution in [0.2, 0.25) is 10.0 Å². The largest absolute Gasteiger partial charge is 0.344 e. The second kappa shape index (κ2) is 5.80. The molecule has 102 valence electrons. The number of amides is 2. The van der Waals surface area contributed by atoms with Gasteiger partial charge in [-0.1, -0.05) is 30.1 Å². The first kappa shape index (κ1) is 14.2. The summed E-state index contributed by atoms with van der Waals surface area (Å²) in [6.45, 7) is 2.18. The van der Waals surface area contributed by atoms with E-state index in [-0.39, 0.29) is 18.2 Å². The first-order valence-corrected chi connectivity index (χ1v) is 6.84. The van der Waals surface area contributed by atoms with Gasteiger partial charge in [-0.3, -0.25) is 9.59 Å². The van der Waals surface area contributed by atoms with Crippen molar-refractivity contribution in [2.24, 2.45) is 0 Å². The fourth-order valence-electron chi connectivity index (χ4n) is 2.06. The van der Waals surface area contributed by atoms with Gasteiger partial charge in [-0.2, -0.15) is 0 Å². The Bertz CT molecular complexity index is 519. The van der Waals surface area contributed by atoms with Crippen molar-refractivity contribution in [3.05, 3.63) is 28.2 Å². The Morgan fingerprint density at radius 3 is 2.74 bits per heavy atom. The van der Waals surface area contributed by atoms with Crippen LogP contribution in [0, 0.1) is 0 Å². The summed E-state index contributed by atoms with van der Waals surface area (Å²) >= 11 is 12.0. The first-order valence-electron chi connectivity index (χ1n) is 6.08. The molecule has 1 saturated heterocycles. The maximum atomic E-state index is 12.4. The van der Waals surface area contributed by atoms with Crippen molar-refractivity contribution < 1.29 is 9.59 Å². The third-order valence-electron chi connectivity index (χ3n) is 3.07. The van der Waals surface area contributed by atoms with E-state index in [9.17, 15) is 9.59 Å². The molecule has 4 nitrogen and oxygen atoms in total. The highest BCUT2D eigenvalue weighted by Crippen LogP contribution is 2.30. The van der Waals surface area contributed by atoms with Crippen LogP contribution in [-0.4, -0.2) is 24.4 Å². The van der Waals surface area contributed by atoms with Gasteiger partial charge in [0.15, 0.2) is 0 Å². The number of halogens is 2. The minimum atomic E-state index is -0.498. The highest BCUT2D eigenvalue weighted by Gasteiger charge is 2.30. The number of carbonyl (C=O) groups excluding carboxylic acids is 2. The minimum Gasteiger partial charge on any atom is -0.344 e. The van der Waals surface area contributed by atoms with Crippen LogP contribution in [0.5, 0.6) is 0 Å². The van der Waals surface area contributed by atoms with Crippen molar-refractivity contribution in [3.63, 3.8) is 0 Å². The molecule has 1 aliphatic heterocycles. The lowest BCUT2D eigenvalue weighted by molar-refractivity contribution is -0.125. The number of carbonyl (C=O) groups is 2. The Morgan fingerprint density at radius 1 is 1.37 bits per heavy atom. The number of hydrogen-bond acceptors (Lipinski definition) is 2. The average molecular weight is 301 g/mol. The summed E-state index contributed by atoms with van der Waals surface area (Å²) in [5.74, 6) is -0.259. The zero-order valence-electron chi connectivity index (χ0n) is 10.5. The fourth-order valence-corrected chi connectivity index (χ4v) is 2.57. The molecule has 1 aromatic carbocycles. The second-order valence-corrected chi connectivity index (χ2v) is 5.21. The van der Waals surface area contributed by atoms with Gasteiger partial charge in [-0.15, -0.1) is 0 Å². The van der Waals surface area contributed by atoms with Crippen LogP contribution in [0.4, 0.5) is 5.69 Å². The van der Waals surface area contributed by atoms with Crippen molar-refractivity contribution in [1.82, 2.24) is 5.32 Å². The zero-order valence-corrected chi connectivity index (χ0v) is 12.0. The molecule has 19 heavy (non-hydrogen) atoms. The highest BCUT2D eigenvalue weighted by molar-refractivity contribution is 6.36. The molecule has 1 N–H and O–H groups in total. The lowest BCUT2D eigenvalue weighted by Crippen LogP contribution is -2.44. The van der Waals surface area contributed by atoms with Crippen molar-refractivity contribution in [2.75, 3.05) is 11.4 Å². The summed E-state index contributed by atoms with van der Waals surface area (Å²) in [6, 6.07) is 4.47. The third kappa shape index (κ3) is 3.01. The monoisotopic (exact) mass is 300 g/mol. The molecule has 0 radical (unpaired) electrons. The molecule has 1 atom stereocenters. The van der Waals surface area contributed by atoms with Crippen LogP contribution in [0.1, 0.15) is 19.8 Å². The summed E-state index contributed by atoms with van der Waals surface area (Å²) in [5.41, 5.74) is 0.589. The number of anilines is 1. The lowest BCUT2D eigenvalue weighted by Gasteiger charge is -2.24. The molecule has 1 unspecified atom stereocenters. The Kier molecular flexibility index (Phi) is 4.32. The van der Waals surface area contributed by atoms with E-state index in [1.807, 2.05) is 6.92 Å². The standard InChI is InChI=1S/C13H14Cl2N2O2/c1-2-10-13(19)17(6-5-12(18)16-10)11-4-3-8(14)7-9(11)15/h3-4,7,10H,2,5-6H2,1H3,(H,16,18). The molecule has 1 heterocycles. The normalized spacial score (nSPS) is 20.2. The maximum Gasteiger partial charge on any atom is 0.249 e. The van der Waals surface area contributed by atoms with Gasteiger partial charge in [0.1, 0.15) is 6.04 Å². The molecule has 0 saturated carbocycles. The van der Waals surface area contributed by atoms with E-state index in [0.29, 0.717) is 28.7 Å². The van der Waals surface area contributed by atoms with E-state index < -0.39 is 6.04 Å². The predicted octanol–water partition coefficient (Wildman–Crippen LogP) is 2.62. The molecule has 6 heteroatoms. The summed E-state index contributed by atoms with van der Waals surface area (Å²) < 4.78 is 0. The van der Waals surface area contributed by atoms with E-state index in [0.717, 1.165) is 0 Å². The van der Waals surface area contributed by atoms with Crippen molar-refractivity contribution >= 4 is 40.7 Å². The van der Waals surface area contributed by atoms with Gasteiger partial charge in [0, 0.05) is 18.0 Å². The molecule has 1 aromatic rings. The van der Waals surface area contributed by atoms with Gasteiger partial charge in [0.2, 0.25) is 11.8 Å². The van der Waals surface area contributed by atoms with Crippen LogP contribution in [-0.2, 0) is 9.59 Å². The predicted molar refractivity (Wildman–Crippen MR) is 75.7 cm³/mol. The zero-order chi connectivity index (χ0) is 14.0.